The van der Waals surface area contributed by atoms with Crippen molar-refractivity contribution in [3.8, 4) is 5.75 Å². The first kappa shape index (κ1) is 13.4. The molecular weight excluding hydrogens is 250 g/mol. The van der Waals surface area contributed by atoms with Gasteiger partial charge in [-0.2, -0.15) is 0 Å². The lowest BCUT2D eigenvalue weighted by molar-refractivity contribution is 0.0491. The molecule has 2 atom stereocenters. The van der Waals surface area contributed by atoms with Crippen LogP contribution in [0.5, 0.6) is 5.75 Å². The molecule has 1 amide bonds. The van der Waals surface area contributed by atoms with Crippen LogP contribution in [0.3, 0.4) is 0 Å². The summed E-state index contributed by atoms with van der Waals surface area (Å²) in [6.07, 6.45) is 1.94. The van der Waals surface area contributed by atoms with E-state index in [2.05, 4.69) is 6.92 Å². The van der Waals surface area contributed by atoms with E-state index in [4.69, 9.17) is 4.74 Å². The highest BCUT2D eigenvalue weighted by Gasteiger charge is 2.31. The van der Waals surface area contributed by atoms with Gasteiger partial charge in [0.05, 0.1) is 7.11 Å². The average Bonchev–Trinajstić information content (AvgIpc) is 2.86. The predicted molar refractivity (Wildman–Crippen MR) is 71.2 cm³/mol. The number of piperidine rings is 1. The molecule has 2 rings (SSSR count). The molecule has 1 aliphatic heterocycles. The average molecular weight is 269 g/mol. The highest BCUT2D eigenvalue weighted by Crippen LogP contribution is 2.29. The number of thiophene rings is 1. The van der Waals surface area contributed by atoms with Crippen molar-refractivity contribution in [2.24, 2.45) is 5.92 Å². The number of nitrogens with zero attached hydrogens (tertiary/aromatic N) is 1. The maximum atomic E-state index is 12.5. The molecule has 2 unspecified atom stereocenters. The maximum absolute atomic E-state index is 12.5. The van der Waals surface area contributed by atoms with Crippen molar-refractivity contribution >= 4 is 17.2 Å². The normalized spacial score (nSPS) is 24.1. The monoisotopic (exact) mass is 269 g/mol. The number of hydrogen-bond acceptors (Lipinski definition) is 4. The van der Waals surface area contributed by atoms with Gasteiger partial charge < -0.3 is 14.7 Å². The highest BCUT2D eigenvalue weighted by atomic mass is 32.1. The second kappa shape index (κ2) is 5.71. The quantitative estimate of drug-likeness (QED) is 0.913. The van der Waals surface area contributed by atoms with Crippen molar-refractivity contribution in [2.45, 2.75) is 25.8 Å². The van der Waals surface area contributed by atoms with Crippen LogP contribution >= 0.6 is 11.3 Å². The van der Waals surface area contributed by atoms with Crippen LogP contribution in [0.1, 0.15) is 29.4 Å². The first-order chi connectivity index (χ1) is 8.67. The van der Waals surface area contributed by atoms with E-state index < -0.39 is 0 Å². The summed E-state index contributed by atoms with van der Waals surface area (Å²) >= 11 is 1.41. The van der Waals surface area contributed by atoms with Gasteiger partial charge in [-0.1, -0.05) is 0 Å². The minimum atomic E-state index is 0.0208. The summed E-state index contributed by atoms with van der Waals surface area (Å²) < 4.78 is 5.20. The summed E-state index contributed by atoms with van der Waals surface area (Å²) in [7, 11) is 1.58. The molecule has 0 bridgehead atoms. The van der Waals surface area contributed by atoms with E-state index in [1.165, 1.54) is 11.3 Å². The van der Waals surface area contributed by atoms with Crippen molar-refractivity contribution in [3.63, 3.8) is 0 Å². The molecule has 4 nitrogen and oxygen atoms in total. The molecule has 18 heavy (non-hydrogen) atoms. The summed E-state index contributed by atoms with van der Waals surface area (Å²) in [5, 5.41) is 11.1. The molecule has 0 spiro atoms. The zero-order valence-electron chi connectivity index (χ0n) is 10.8. The van der Waals surface area contributed by atoms with Crippen molar-refractivity contribution in [2.75, 3.05) is 20.3 Å². The van der Waals surface area contributed by atoms with Gasteiger partial charge in [-0.05, 0) is 37.1 Å². The number of carbonyl (C=O) groups excluding carboxylic acids is 1. The number of aliphatic hydroxyl groups excluding tert-OH is 1. The van der Waals surface area contributed by atoms with E-state index in [9.17, 15) is 9.90 Å². The molecule has 0 aliphatic carbocycles. The van der Waals surface area contributed by atoms with Gasteiger partial charge in [0.2, 0.25) is 0 Å². The van der Waals surface area contributed by atoms with Crippen LogP contribution in [0, 0.1) is 5.92 Å². The summed E-state index contributed by atoms with van der Waals surface area (Å²) in [5.74, 6) is 0.868. The minimum absolute atomic E-state index is 0.0208. The summed E-state index contributed by atoms with van der Waals surface area (Å²) in [6, 6.07) is 2.04. The van der Waals surface area contributed by atoms with Gasteiger partial charge in [0.15, 0.2) is 0 Å². The smallest absolute Gasteiger partial charge is 0.267 e. The number of carbonyl (C=O) groups is 1. The third-order valence-corrected chi connectivity index (χ3v) is 4.43. The number of methoxy groups -OCH3 is 1. The van der Waals surface area contributed by atoms with E-state index in [0.29, 0.717) is 17.2 Å². The van der Waals surface area contributed by atoms with Gasteiger partial charge in [-0.25, -0.2) is 0 Å². The largest absolute Gasteiger partial charge is 0.495 e. The van der Waals surface area contributed by atoms with Gasteiger partial charge in [0, 0.05) is 19.2 Å². The molecule has 1 saturated heterocycles. The van der Waals surface area contributed by atoms with E-state index in [1.807, 2.05) is 16.3 Å². The first-order valence-electron chi connectivity index (χ1n) is 6.20. The molecule has 100 valence electrons. The molecule has 0 saturated carbocycles. The second-order valence-corrected chi connectivity index (χ2v) is 5.67. The zero-order chi connectivity index (χ0) is 13.1. The summed E-state index contributed by atoms with van der Waals surface area (Å²) in [4.78, 5) is 15.0. The Labute approximate surface area is 111 Å². The third-order valence-electron chi connectivity index (χ3n) is 3.54. The number of hydrogen-bond donors (Lipinski definition) is 1. The molecule has 1 aliphatic rings. The van der Waals surface area contributed by atoms with Crippen molar-refractivity contribution in [3.05, 3.63) is 16.3 Å². The Bertz CT molecular complexity index is 418. The first-order valence-corrected chi connectivity index (χ1v) is 7.08. The van der Waals surface area contributed by atoms with Crippen molar-refractivity contribution in [1.82, 2.24) is 4.90 Å². The lowest BCUT2D eigenvalue weighted by atomic mass is 9.94. The van der Waals surface area contributed by atoms with Crippen LogP contribution in [0.4, 0.5) is 0 Å². The second-order valence-electron chi connectivity index (χ2n) is 4.75. The van der Waals surface area contributed by atoms with Gasteiger partial charge in [-0.3, -0.25) is 4.79 Å². The molecule has 1 N–H and O–H groups in total. The van der Waals surface area contributed by atoms with Crippen LogP contribution in [-0.2, 0) is 0 Å². The topological polar surface area (TPSA) is 49.8 Å². The molecule has 1 aromatic rings. The lowest BCUT2D eigenvalue weighted by Gasteiger charge is -2.37. The molecular formula is C13H19NO3S. The van der Waals surface area contributed by atoms with E-state index in [1.54, 1.807) is 7.11 Å². The van der Waals surface area contributed by atoms with Crippen LogP contribution < -0.4 is 4.74 Å². The fraction of sp³-hybridized carbons (Fsp3) is 0.615. The Morgan fingerprint density at radius 1 is 1.61 bits per heavy atom. The molecule has 1 fully saturated rings. The minimum Gasteiger partial charge on any atom is -0.495 e. The van der Waals surface area contributed by atoms with Gasteiger partial charge in [-0.15, -0.1) is 11.3 Å². The Hall–Kier alpha value is -1.07. The lowest BCUT2D eigenvalue weighted by Crippen LogP contribution is -2.46. The molecule has 1 aromatic heterocycles. The van der Waals surface area contributed by atoms with Crippen molar-refractivity contribution < 1.29 is 14.6 Å². The Morgan fingerprint density at radius 2 is 2.39 bits per heavy atom. The molecule has 5 heteroatoms. The number of rotatable bonds is 3. The number of likely N-dealkylation sites (tertiary alicyclic amines) is 1. The standard InChI is InChI=1S/C13H19NO3S/c1-9-3-4-10(8-15)7-14(9)13(16)12-11(17-2)5-6-18-12/h5-6,9-10,15H,3-4,7-8H2,1-2H3. The van der Waals surface area contributed by atoms with Crippen molar-refractivity contribution in [1.29, 1.82) is 0 Å². The fourth-order valence-corrected chi connectivity index (χ4v) is 3.17. The number of aliphatic hydroxyl groups is 1. The highest BCUT2D eigenvalue weighted by molar-refractivity contribution is 7.12. The van der Waals surface area contributed by atoms with Crippen LogP contribution in [0.15, 0.2) is 11.4 Å². The SMILES string of the molecule is COc1ccsc1C(=O)N1CC(CO)CCC1C. The molecule has 0 radical (unpaired) electrons. The summed E-state index contributed by atoms with van der Waals surface area (Å²) in [5.41, 5.74) is 0. The Morgan fingerprint density at radius 3 is 3.06 bits per heavy atom. The fourth-order valence-electron chi connectivity index (χ4n) is 2.36. The van der Waals surface area contributed by atoms with E-state index in [0.717, 1.165) is 12.8 Å². The Kier molecular flexibility index (Phi) is 4.24. The maximum Gasteiger partial charge on any atom is 0.267 e. The van der Waals surface area contributed by atoms with Gasteiger partial charge >= 0.3 is 0 Å². The summed E-state index contributed by atoms with van der Waals surface area (Å²) in [6.45, 7) is 2.85. The van der Waals surface area contributed by atoms with Crippen LogP contribution in [0.2, 0.25) is 0 Å². The third kappa shape index (κ3) is 2.52. The molecule has 0 aromatic carbocycles. The zero-order valence-corrected chi connectivity index (χ0v) is 11.6. The number of amides is 1. The van der Waals surface area contributed by atoms with E-state index >= 15 is 0 Å². The van der Waals surface area contributed by atoms with Gasteiger partial charge in [0.1, 0.15) is 10.6 Å². The predicted octanol–water partition coefficient (Wildman–Crippen LogP) is 1.99. The van der Waals surface area contributed by atoms with Crippen LogP contribution in [-0.4, -0.2) is 42.2 Å². The van der Waals surface area contributed by atoms with Crippen LogP contribution in [0.25, 0.3) is 0 Å². The van der Waals surface area contributed by atoms with Gasteiger partial charge in [0.25, 0.3) is 5.91 Å². The van der Waals surface area contributed by atoms with E-state index in [-0.39, 0.29) is 24.5 Å². The molecule has 2 heterocycles. The Balaban J connectivity index is 2.16. The number of ether oxygens (including phenoxy) is 1.